The highest BCUT2D eigenvalue weighted by Crippen LogP contribution is 2.84. The first-order chi connectivity index (χ1) is 9.22. The summed E-state index contributed by atoms with van der Waals surface area (Å²) >= 11 is 0. The Bertz CT molecular complexity index is 458. The maximum atomic E-state index is 12.7. The van der Waals surface area contributed by atoms with Crippen LogP contribution in [0.15, 0.2) is 0 Å². The lowest BCUT2D eigenvalue weighted by Crippen LogP contribution is -2.70. The molecular formula is C17H24O2. The summed E-state index contributed by atoms with van der Waals surface area (Å²) in [5, 5.41) is 0. The van der Waals surface area contributed by atoms with Gasteiger partial charge in [0.2, 0.25) is 0 Å². The van der Waals surface area contributed by atoms with Gasteiger partial charge in [0.1, 0.15) is 0 Å². The summed E-state index contributed by atoms with van der Waals surface area (Å²) in [6.45, 7) is 0. The lowest BCUT2D eigenvalue weighted by molar-refractivity contribution is -0.252. The molecule has 2 nitrogen and oxygen atoms in total. The van der Waals surface area contributed by atoms with Crippen molar-refractivity contribution in [1.82, 2.24) is 0 Å². The normalized spacial score (nSPS) is 60.4. The molecular weight excluding hydrogens is 236 g/mol. The average Bonchev–Trinajstić information content (AvgIpc) is 3.07. The highest BCUT2D eigenvalue weighted by molar-refractivity contribution is 5.80. The van der Waals surface area contributed by atoms with Crippen molar-refractivity contribution in [2.75, 3.05) is 7.11 Å². The van der Waals surface area contributed by atoms with Crippen molar-refractivity contribution in [1.29, 1.82) is 0 Å². The van der Waals surface area contributed by atoms with Crippen LogP contribution in [0.3, 0.4) is 0 Å². The molecule has 5 fully saturated rings. The van der Waals surface area contributed by atoms with Crippen LogP contribution in [0.1, 0.15) is 51.4 Å². The van der Waals surface area contributed by atoms with Gasteiger partial charge in [0.05, 0.1) is 12.5 Å². The molecule has 4 bridgehead atoms. The van der Waals surface area contributed by atoms with Crippen molar-refractivity contribution in [2.45, 2.75) is 51.4 Å². The second-order valence-corrected chi connectivity index (χ2v) is 8.19. The van der Waals surface area contributed by atoms with Gasteiger partial charge in [0.15, 0.2) is 0 Å². The Kier molecular flexibility index (Phi) is 1.88. The van der Waals surface area contributed by atoms with Gasteiger partial charge >= 0.3 is 5.97 Å². The van der Waals surface area contributed by atoms with E-state index in [0.29, 0.717) is 17.3 Å². The van der Waals surface area contributed by atoms with Crippen molar-refractivity contribution in [2.24, 2.45) is 40.4 Å². The Morgan fingerprint density at radius 2 is 2.05 bits per heavy atom. The molecule has 2 heteroatoms. The fraction of sp³-hybridized carbons (Fsp3) is 0.941. The number of methoxy groups -OCH3 is 1. The Morgan fingerprint density at radius 1 is 1.16 bits per heavy atom. The molecule has 0 amide bonds. The summed E-state index contributed by atoms with van der Waals surface area (Å²) < 4.78 is 5.31. The van der Waals surface area contributed by atoms with Gasteiger partial charge < -0.3 is 4.74 Å². The van der Waals surface area contributed by atoms with Crippen molar-refractivity contribution in [3.63, 3.8) is 0 Å². The minimum absolute atomic E-state index is 0.0337. The van der Waals surface area contributed by atoms with Gasteiger partial charge in [-0.15, -0.1) is 0 Å². The molecule has 0 aromatic carbocycles. The molecule has 0 aromatic heterocycles. The fourth-order valence-electron chi connectivity index (χ4n) is 7.99. The number of ether oxygens (including phenoxy) is 1. The predicted octanol–water partition coefficient (Wildman–Crippen LogP) is 3.40. The second-order valence-electron chi connectivity index (χ2n) is 8.19. The monoisotopic (exact) mass is 260 g/mol. The van der Waals surface area contributed by atoms with Gasteiger partial charge in [-0.2, -0.15) is 0 Å². The van der Waals surface area contributed by atoms with E-state index in [9.17, 15) is 4.79 Å². The van der Waals surface area contributed by atoms with E-state index >= 15 is 0 Å². The molecule has 0 aromatic rings. The molecule has 1 spiro atoms. The Labute approximate surface area is 115 Å². The smallest absolute Gasteiger partial charge is 0.312 e. The van der Waals surface area contributed by atoms with Crippen LogP contribution in [0, 0.1) is 40.4 Å². The van der Waals surface area contributed by atoms with Gasteiger partial charge in [-0.05, 0) is 73.5 Å². The number of esters is 1. The van der Waals surface area contributed by atoms with Crippen LogP contribution in [-0.4, -0.2) is 13.1 Å². The highest BCUT2D eigenvalue weighted by atomic mass is 16.5. The first-order valence-electron chi connectivity index (χ1n) is 8.31. The summed E-state index contributed by atoms with van der Waals surface area (Å²) in [5.74, 6) is 4.22. The molecule has 104 valence electrons. The van der Waals surface area contributed by atoms with Crippen molar-refractivity contribution < 1.29 is 9.53 Å². The topological polar surface area (TPSA) is 26.3 Å². The number of carbonyl (C=O) groups is 1. The zero-order chi connectivity index (χ0) is 12.8. The molecule has 7 unspecified atom stereocenters. The SMILES string of the molecule is COC(=O)C12CC3(CC4CCCC41)C1CCC(C1)C32. The molecule has 5 aliphatic carbocycles. The van der Waals surface area contributed by atoms with Crippen molar-refractivity contribution in [3.8, 4) is 0 Å². The van der Waals surface area contributed by atoms with Crippen LogP contribution in [0.4, 0.5) is 0 Å². The maximum Gasteiger partial charge on any atom is 0.312 e. The fourth-order valence-corrected chi connectivity index (χ4v) is 7.99. The van der Waals surface area contributed by atoms with E-state index in [4.69, 9.17) is 4.74 Å². The third-order valence-corrected chi connectivity index (χ3v) is 8.08. The van der Waals surface area contributed by atoms with Gasteiger partial charge in [0, 0.05) is 0 Å². The average molecular weight is 260 g/mol. The number of hydrogen-bond donors (Lipinski definition) is 0. The number of carbonyl (C=O) groups excluding carboxylic acids is 1. The third-order valence-electron chi connectivity index (χ3n) is 8.08. The van der Waals surface area contributed by atoms with Crippen LogP contribution < -0.4 is 0 Å². The minimum Gasteiger partial charge on any atom is -0.469 e. The van der Waals surface area contributed by atoms with Crippen LogP contribution in [0.25, 0.3) is 0 Å². The molecule has 5 saturated carbocycles. The molecule has 5 rings (SSSR count). The first-order valence-corrected chi connectivity index (χ1v) is 8.31. The molecule has 0 heterocycles. The Hall–Kier alpha value is -0.530. The first kappa shape index (κ1) is 11.2. The molecule has 5 aliphatic rings. The summed E-state index contributed by atoms with van der Waals surface area (Å²) in [4.78, 5) is 12.7. The summed E-state index contributed by atoms with van der Waals surface area (Å²) in [6.07, 6.45) is 11.0. The highest BCUT2D eigenvalue weighted by Gasteiger charge is 2.81. The van der Waals surface area contributed by atoms with Crippen LogP contribution >= 0.6 is 0 Å². The largest absolute Gasteiger partial charge is 0.469 e. The lowest BCUT2D eigenvalue weighted by atomic mass is 9.32. The van der Waals surface area contributed by atoms with E-state index in [-0.39, 0.29) is 11.4 Å². The summed E-state index contributed by atoms with van der Waals surface area (Å²) in [5.41, 5.74) is 0.552. The van der Waals surface area contributed by atoms with E-state index in [1.807, 2.05) is 0 Å². The summed E-state index contributed by atoms with van der Waals surface area (Å²) in [7, 11) is 1.61. The molecule has 19 heavy (non-hydrogen) atoms. The molecule has 0 N–H and O–H groups in total. The number of fused-ring (bicyclic) bond motifs is 7. The van der Waals surface area contributed by atoms with E-state index in [2.05, 4.69) is 0 Å². The summed E-state index contributed by atoms with van der Waals surface area (Å²) in [6, 6.07) is 0. The number of rotatable bonds is 1. The van der Waals surface area contributed by atoms with Crippen LogP contribution in [0.2, 0.25) is 0 Å². The Morgan fingerprint density at radius 3 is 2.89 bits per heavy atom. The predicted molar refractivity (Wildman–Crippen MR) is 71.3 cm³/mol. The van der Waals surface area contributed by atoms with Crippen LogP contribution in [0.5, 0.6) is 0 Å². The van der Waals surface area contributed by atoms with Crippen molar-refractivity contribution in [3.05, 3.63) is 0 Å². The standard InChI is InChI=1S/C17H24O2/c1-19-15(18)17-9-16(8-11-3-2-4-13(11)17)12-6-5-10(7-12)14(16)17/h10-14H,2-9H2,1H3. The van der Waals surface area contributed by atoms with Gasteiger partial charge in [0.25, 0.3) is 0 Å². The second kappa shape index (κ2) is 3.20. The zero-order valence-corrected chi connectivity index (χ0v) is 11.9. The Balaban J connectivity index is 1.64. The van der Waals surface area contributed by atoms with E-state index < -0.39 is 0 Å². The minimum atomic E-state index is -0.0337. The van der Waals surface area contributed by atoms with Crippen molar-refractivity contribution >= 4 is 5.97 Å². The molecule has 0 radical (unpaired) electrons. The van der Waals surface area contributed by atoms with E-state index in [0.717, 1.165) is 17.8 Å². The van der Waals surface area contributed by atoms with E-state index in [1.165, 1.54) is 51.4 Å². The van der Waals surface area contributed by atoms with E-state index in [1.54, 1.807) is 7.11 Å². The zero-order valence-electron chi connectivity index (χ0n) is 11.9. The molecule has 0 aliphatic heterocycles. The lowest BCUT2D eigenvalue weighted by Gasteiger charge is -2.71. The maximum absolute atomic E-state index is 12.7. The third kappa shape index (κ3) is 0.975. The van der Waals surface area contributed by atoms with Gasteiger partial charge in [-0.25, -0.2) is 0 Å². The van der Waals surface area contributed by atoms with Crippen LogP contribution in [-0.2, 0) is 9.53 Å². The van der Waals surface area contributed by atoms with Gasteiger partial charge in [-0.1, -0.05) is 12.8 Å². The number of hydrogen-bond acceptors (Lipinski definition) is 2. The molecule has 0 saturated heterocycles. The van der Waals surface area contributed by atoms with Gasteiger partial charge in [-0.3, -0.25) is 4.79 Å². The quantitative estimate of drug-likeness (QED) is 0.675. The molecule has 7 atom stereocenters.